The molecular weight excluding hydrogens is 301 g/mol. The number of nitrogens with one attached hydrogen (secondary N) is 1. The van der Waals surface area contributed by atoms with Crippen LogP contribution in [0.4, 0.5) is 4.39 Å². The maximum atomic E-state index is 12.9. The Bertz CT molecular complexity index is 585. The standard InChI is InChI=1S/C17H20FNO4/c1-23-17(22)16(12-3-2-4-14(20)10-12)19-15(21)9-11-5-7-13(18)8-6-11/h5-8,12,16H,2-4,9-10H2,1H3,(H,19,21)/t12-,16+/m0/s1. The topological polar surface area (TPSA) is 72.5 Å². The molecule has 0 aliphatic heterocycles. The number of ether oxygens (including phenoxy) is 1. The van der Waals surface area contributed by atoms with Crippen molar-refractivity contribution >= 4 is 17.7 Å². The first-order chi connectivity index (χ1) is 11.0. The Morgan fingerprint density at radius 1 is 1.35 bits per heavy atom. The van der Waals surface area contributed by atoms with Crippen molar-refractivity contribution in [1.82, 2.24) is 5.32 Å². The van der Waals surface area contributed by atoms with Crippen molar-refractivity contribution in [2.24, 2.45) is 5.92 Å². The summed E-state index contributed by atoms with van der Waals surface area (Å²) in [6.45, 7) is 0. The SMILES string of the molecule is COC(=O)[C@H](NC(=O)Cc1ccc(F)cc1)[C@H]1CCCC(=O)C1. The fourth-order valence-electron chi connectivity index (χ4n) is 2.85. The van der Waals surface area contributed by atoms with Gasteiger partial charge in [-0.05, 0) is 36.5 Å². The van der Waals surface area contributed by atoms with E-state index < -0.39 is 12.0 Å². The largest absolute Gasteiger partial charge is 0.467 e. The Kier molecular flexibility index (Phi) is 5.84. The van der Waals surface area contributed by atoms with E-state index >= 15 is 0 Å². The maximum Gasteiger partial charge on any atom is 0.328 e. The van der Waals surface area contributed by atoms with Crippen LogP contribution in [0.15, 0.2) is 24.3 Å². The van der Waals surface area contributed by atoms with Crippen molar-refractivity contribution in [2.45, 2.75) is 38.1 Å². The van der Waals surface area contributed by atoms with E-state index in [2.05, 4.69) is 5.32 Å². The minimum absolute atomic E-state index is 0.0362. The second-order valence-electron chi connectivity index (χ2n) is 5.77. The number of rotatable bonds is 5. The number of esters is 1. The molecular formula is C17H20FNO4. The van der Waals surface area contributed by atoms with E-state index in [-0.39, 0.29) is 36.3 Å². The van der Waals surface area contributed by atoms with Gasteiger partial charge in [-0.15, -0.1) is 0 Å². The lowest BCUT2D eigenvalue weighted by Gasteiger charge is -2.28. The smallest absolute Gasteiger partial charge is 0.328 e. The van der Waals surface area contributed by atoms with E-state index in [0.29, 0.717) is 24.8 Å². The van der Waals surface area contributed by atoms with Crippen molar-refractivity contribution in [3.8, 4) is 0 Å². The summed E-state index contributed by atoms with van der Waals surface area (Å²) in [5.74, 6) is -1.41. The van der Waals surface area contributed by atoms with Crippen LogP contribution in [0, 0.1) is 11.7 Å². The number of ketones is 1. The molecule has 0 radical (unpaired) electrons. The molecule has 2 rings (SSSR count). The molecule has 0 bridgehead atoms. The molecule has 23 heavy (non-hydrogen) atoms. The van der Waals surface area contributed by atoms with E-state index in [1.54, 1.807) is 0 Å². The van der Waals surface area contributed by atoms with Gasteiger partial charge in [0.25, 0.3) is 0 Å². The third-order valence-corrected chi connectivity index (χ3v) is 4.04. The molecule has 1 aromatic carbocycles. The van der Waals surface area contributed by atoms with Crippen LogP contribution in [0.1, 0.15) is 31.2 Å². The van der Waals surface area contributed by atoms with Gasteiger partial charge in [-0.2, -0.15) is 0 Å². The molecule has 0 aromatic heterocycles. The minimum Gasteiger partial charge on any atom is -0.467 e. The van der Waals surface area contributed by atoms with E-state index in [1.165, 1.54) is 31.4 Å². The number of hydrogen-bond donors (Lipinski definition) is 1. The van der Waals surface area contributed by atoms with Gasteiger partial charge in [-0.1, -0.05) is 12.1 Å². The molecule has 1 aliphatic carbocycles. The summed E-state index contributed by atoms with van der Waals surface area (Å²) in [5, 5.41) is 2.66. The van der Waals surface area contributed by atoms with Crippen molar-refractivity contribution in [2.75, 3.05) is 7.11 Å². The molecule has 0 spiro atoms. The van der Waals surface area contributed by atoms with Gasteiger partial charge >= 0.3 is 5.97 Å². The summed E-state index contributed by atoms with van der Waals surface area (Å²) in [6.07, 6.45) is 2.24. The fourth-order valence-corrected chi connectivity index (χ4v) is 2.85. The molecule has 6 heteroatoms. The van der Waals surface area contributed by atoms with Gasteiger partial charge in [0, 0.05) is 12.8 Å². The lowest BCUT2D eigenvalue weighted by molar-refractivity contribution is -0.147. The molecule has 1 fully saturated rings. The second-order valence-corrected chi connectivity index (χ2v) is 5.77. The predicted molar refractivity (Wildman–Crippen MR) is 81.0 cm³/mol. The van der Waals surface area contributed by atoms with E-state index in [4.69, 9.17) is 4.74 Å². The first-order valence-corrected chi connectivity index (χ1v) is 7.63. The zero-order valence-electron chi connectivity index (χ0n) is 13.0. The molecule has 1 saturated carbocycles. The van der Waals surface area contributed by atoms with Crippen LogP contribution in [0.3, 0.4) is 0 Å². The Morgan fingerprint density at radius 2 is 2.04 bits per heavy atom. The summed E-state index contributed by atoms with van der Waals surface area (Å²) in [4.78, 5) is 35.7. The van der Waals surface area contributed by atoms with Gasteiger partial charge in [-0.25, -0.2) is 9.18 Å². The Balaban J connectivity index is 2.01. The van der Waals surface area contributed by atoms with Gasteiger partial charge in [0.2, 0.25) is 5.91 Å². The highest BCUT2D eigenvalue weighted by atomic mass is 19.1. The summed E-state index contributed by atoms with van der Waals surface area (Å²) in [6, 6.07) is 4.77. The summed E-state index contributed by atoms with van der Waals surface area (Å²) < 4.78 is 17.6. The molecule has 0 unspecified atom stereocenters. The second kappa shape index (κ2) is 7.85. The molecule has 124 valence electrons. The highest BCUT2D eigenvalue weighted by molar-refractivity contribution is 5.87. The van der Waals surface area contributed by atoms with Crippen LogP contribution in [-0.2, 0) is 25.5 Å². The summed E-state index contributed by atoms with van der Waals surface area (Å²) >= 11 is 0. The zero-order valence-corrected chi connectivity index (χ0v) is 13.0. The van der Waals surface area contributed by atoms with Crippen LogP contribution in [0.5, 0.6) is 0 Å². The molecule has 1 amide bonds. The van der Waals surface area contributed by atoms with Crippen LogP contribution < -0.4 is 5.32 Å². The normalized spacial score (nSPS) is 19.0. The Labute approximate surface area is 134 Å². The lowest BCUT2D eigenvalue weighted by atomic mass is 9.83. The van der Waals surface area contributed by atoms with Crippen LogP contribution in [0.2, 0.25) is 0 Å². The third-order valence-electron chi connectivity index (χ3n) is 4.04. The van der Waals surface area contributed by atoms with Gasteiger partial charge in [0.1, 0.15) is 17.6 Å². The number of carbonyl (C=O) groups excluding carboxylic acids is 3. The monoisotopic (exact) mass is 321 g/mol. The molecule has 5 nitrogen and oxygen atoms in total. The van der Waals surface area contributed by atoms with Crippen LogP contribution >= 0.6 is 0 Å². The molecule has 1 aliphatic rings. The number of amides is 1. The Hall–Kier alpha value is -2.24. The maximum absolute atomic E-state index is 12.9. The van der Waals surface area contributed by atoms with E-state index in [1.807, 2.05) is 0 Å². The number of methoxy groups -OCH3 is 1. The number of carbonyl (C=O) groups is 3. The highest BCUT2D eigenvalue weighted by Gasteiger charge is 2.34. The molecule has 2 atom stereocenters. The average molecular weight is 321 g/mol. The van der Waals surface area contributed by atoms with Crippen LogP contribution in [0.25, 0.3) is 0 Å². The van der Waals surface area contributed by atoms with Crippen molar-refractivity contribution in [1.29, 1.82) is 0 Å². The van der Waals surface area contributed by atoms with Gasteiger partial charge in [0.15, 0.2) is 0 Å². The number of halogens is 1. The van der Waals surface area contributed by atoms with Gasteiger partial charge in [0.05, 0.1) is 13.5 Å². The first kappa shape index (κ1) is 17.1. The van der Waals surface area contributed by atoms with Gasteiger partial charge < -0.3 is 10.1 Å². The minimum atomic E-state index is -0.822. The lowest BCUT2D eigenvalue weighted by Crippen LogP contribution is -2.48. The first-order valence-electron chi connectivity index (χ1n) is 7.63. The predicted octanol–water partition coefficient (Wildman–Crippen LogP) is 1.79. The third kappa shape index (κ3) is 4.87. The molecule has 0 saturated heterocycles. The fraction of sp³-hybridized carbons (Fsp3) is 0.471. The highest BCUT2D eigenvalue weighted by Crippen LogP contribution is 2.25. The molecule has 1 N–H and O–H groups in total. The van der Waals surface area contributed by atoms with Crippen molar-refractivity contribution in [3.05, 3.63) is 35.6 Å². The van der Waals surface area contributed by atoms with E-state index in [0.717, 1.165) is 0 Å². The summed E-state index contributed by atoms with van der Waals surface area (Å²) in [7, 11) is 1.26. The molecule has 1 aromatic rings. The van der Waals surface area contributed by atoms with E-state index in [9.17, 15) is 18.8 Å². The number of hydrogen-bond acceptors (Lipinski definition) is 4. The van der Waals surface area contributed by atoms with Crippen molar-refractivity contribution in [3.63, 3.8) is 0 Å². The Morgan fingerprint density at radius 3 is 2.65 bits per heavy atom. The number of benzene rings is 1. The van der Waals surface area contributed by atoms with Crippen molar-refractivity contribution < 1.29 is 23.5 Å². The van der Waals surface area contributed by atoms with Gasteiger partial charge in [-0.3, -0.25) is 9.59 Å². The van der Waals surface area contributed by atoms with Crippen LogP contribution in [-0.4, -0.2) is 30.8 Å². The zero-order chi connectivity index (χ0) is 16.8. The summed E-state index contributed by atoms with van der Waals surface area (Å²) in [5.41, 5.74) is 0.646. The average Bonchev–Trinajstić information content (AvgIpc) is 2.54. The number of Topliss-reactive ketones (excluding diaryl/α,β-unsaturated/α-hetero) is 1. The molecule has 0 heterocycles. The quantitative estimate of drug-likeness (QED) is 0.839.